The molecular formula is C32H47N. The highest BCUT2D eigenvalue weighted by Crippen LogP contribution is 2.47. The van der Waals surface area contributed by atoms with E-state index in [1.165, 1.54) is 88.2 Å². The maximum Gasteiger partial charge on any atom is 0.0618 e. The fourth-order valence-electron chi connectivity index (χ4n) is 6.00. The van der Waals surface area contributed by atoms with E-state index in [-0.39, 0.29) is 5.41 Å². The summed E-state index contributed by atoms with van der Waals surface area (Å²) < 4.78 is 0. The van der Waals surface area contributed by atoms with Crippen LogP contribution in [0.1, 0.15) is 95.1 Å². The number of rotatable bonds is 12. The predicted octanol–water partition coefficient (Wildman–Crippen LogP) is 9.19. The van der Waals surface area contributed by atoms with Crippen molar-refractivity contribution in [2.24, 2.45) is 17.6 Å². The molecule has 1 nitrogen and oxygen atoms in total. The molecular weight excluding hydrogens is 398 g/mol. The minimum Gasteiger partial charge on any atom is -0.401 e. The van der Waals surface area contributed by atoms with Gasteiger partial charge in [0.15, 0.2) is 0 Å². The minimum absolute atomic E-state index is 0.317. The number of unbranched alkanes of at least 4 members (excludes halogenated alkanes) is 2. The maximum absolute atomic E-state index is 6.74. The van der Waals surface area contributed by atoms with E-state index in [9.17, 15) is 0 Å². The third-order valence-electron chi connectivity index (χ3n) is 7.62. The second-order valence-electron chi connectivity index (χ2n) is 9.69. The van der Waals surface area contributed by atoms with Crippen molar-refractivity contribution in [3.05, 3.63) is 97.2 Å². The van der Waals surface area contributed by atoms with Gasteiger partial charge < -0.3 is 5.73 Å². The lowest BCUT2D eigenvalue weighted by Gasteiger charge is -2.43. The Balaban J connectivity index is 0.00000187. The standard InChI is InChI=1S/C30H43N.C2H4/c1-3-4-19-27(24-15-14-18-26-16-8-5-9-17-26)30(25(2)31,28-20-10-6-11-21-28)29-22-12-7-13-23-29;1-2/h6-7,10-13,20-23,26-27H,2-5,8-9,14-19,24,31H2,1H3;1-2H2. The van der Waals surface area contributed by atoms with Crippen LogP contribution < -0.4 is 5.73 Å². The van der Waals surface area contributed by atoms with Gasteiger partial charge in [0, 0.05) is 5.70 Å². The van der Waals surface area contributed by atoms with Gasteiger partial charge in [0.2, 0.25) is 0 Å². The Bertz CT molecular complexity index is 733. The fourth-order valence-corrected chi connectivity index (χ4v) is 6.00. The lowest BCUT2D eigenvalue weighted by molar-refractivity contribution is 0.286. The molecule has 0 aliphatic heterocycles. The molecule has 1 aliphatic carbocycles. The highest BCUT2D eigenvalue weighted by Gasteiger charge is 2.42. The molecule has 0 saturated heterocycles. The van der Waals surface area contributed by atoms with Crippen LogP contribution in [0.5, 0.6) is 0 Å². The average molecular weight is 446 g/mol. The van der Waals surface area contributed by atoms with E-state index in [0.29, 0.717) is 5.92 Å². The molecule has 0 bridgehead atoms. The maximum atomic E-state index is 6.74. The number of benzene rings is 2. The molecule has 3 rings (SSSR count). The molecule has 33 heavy (non-hydrogen) atoms. The summed E-state index contributed by atoms with van der Waals surface area (Å²) in [7, 11) is 0. The van der Waals surface area contributed by atoms with E-state index in [2.05, 4.69) is 87.3 Å². The highest BCUT2D eigenvalue weighted by molar-refractivity contribution is 5.48. The van der Waals surface area contributed by atoms with Crippen molar-refractivity contribution in [1.29, 1.82) is 0 Å². The van der Waals surface area contributed by atoms with Gasteiger partial charge in [-0.3, -0.25) is 0 Å². The zero-order valence-corrected chi connectivity index (χ0v) is 21.1. The molecule has 1 heteroatoms. The topological polar surface area (TPSA) is 26.0 Å². The highest BCUT2D eigenvalue weighted by atomic mass is 14.7. The zero-order chi connectivity index (χ0) is 23.9. The second-order valence-corrected chi connectivity index (χ2v) is 9.69. The van der Waals surface area contributed by atoms with Crippen LogP contribution in [-0.2, 0) is 5.41 Å². The van der Waals surface area contributed by atoms with Crippen LogP contribution in [0.25, 0.3) is 0 Å². The van der Waals surface area contributed by atoms with Gasteiger partial charge in [0.05, 0.1) is 5.41 Å². The monoisotopic (exact) mass is 445 g/mol. The van der Waals surface area contributed by atoms with Gasteiger partial charge >= 0.3 is 0 Å². The molecule has 2 N–H and O–H groups in total. The van der Waals surface area contributed by atoms with Crippen LogP contribution in [-0.4, -0.2) is 0 Å². The molecule has 0 radical (unpaired) electrons. The molecule has 0 aromatic heterocycles. The summed E-state index contributed by atoms with van der Waals surface area (Å²) in [6.07, 6.45) is 16.2. The van der Waals surface area contributed by atoms with Crippen molar-refractivity contribution < 1.29 is 0 Å². The Hall–Kier alpha value is -2.28. The van der Waals surface area contributed by atoms with Gasteiger partial charge in [-0.2, -0.15) is 0 Å². The molecule has 1 atom stereocenters. The number of hydrogen-bond acceptors (Lipinski definition) is 1. The summed E-state index contributed by atoms with van der Waals surface area (Å²) in [5.41, 5.74) is 9.80. The molecule has 2 aromatic rings. The van der Waals surface area contributed by atoms with Gasteiger partial charge in [-0.15, -0.1) is 13.2 Å². The third-order valence-corrected chi connectivity index (χ3v) is 7.62. The molecule has 180 valence electrons. The van der Waals surface area contributed by atoms with E-state index in [1.54, 1.807) is 0 Å². The smallest absolute Gasteiger partial charge is 0.0618 e. The van der Waals surface area contributed by atoms with Crippen LogP contribution in [0.15, 0.2) is 86.1 Å². The summed E-state index contributed by atoms with van der Waals surface area (Å²) in [4.78, 5) is 0. The Morgan fingerprint density at radius 3 is 1.85 bits per heavy atom. The van der Waals surface area contributed by atoms with Gasteiger partial charge in [0.1, 0.15) is 0 Å². The third kappa shape index (κ3) is 7.10. The summed E-state index contributed by atoms with van der Waals surface area (Å²) >= 11 is 0. The Morgan fingerprint density at radius 1 is 0.848 bits per heavy atom. The minimum atomic E-state index is -0.317. The Labute approximate surface area is 204 Å². The average Bonchev–Trinajstić information content (AvgIpc) is 2.88. The number of hydrogen-bond donors (Lipinski definition) is 1. The normalized spacial score (nSPS) is 15.3. The molecule has 1 saturated carbocycles. The summed E-state index contributed by atoms with van der Waals surface area (Å²) in [6.45, 7) is 12.7. The zero-order valence-electron chi connectivity index (χ0n) is 21.1. The van der Waals surface area contributed by atoms with Crippen molar-refractivity contribution in [3.8, 4) is 0 Å². The van der Waals surface area contributed by atoms with Crippen molar-refractivity contribution in [1.82, 2.24) is 0 Å². The summed E-state index contributed by atoms with van der Waals surface area (Å²) in [6, 6.07) is 21.8. The number of allylic oxidation sites excluding steroid dienone is 1. The first-order valence-electron chi connectivity index (χ1n) is 13.3. The first-order valence-corrected chi connectivity index (χ1v) is 13.3. The quantitative estimate of drug-likeness (QED) is 0.256. The van der Waals surface area contributed by atoms with Crippen LogP contribution in [0, 0.1) is 11.8 Å². The van der Waals surface area contributed by atoms with E-state index in [0.717, 1.165) is 11.6 Å². The van der Waals surface area contributed by atoms with Gasteiger partial charge in [-0.25, -0.2) is 0 Å². The molecule has 1 unspecified atom stereocenters. The fraction of sp³-hybridized carbons (Fsp3) is 0.500. The predicted molar refractivity (Wildman–Crippen MR) is 146 cm³/mol. The molecule has 1 aliphatic rings. The molecule has 1 fully saturated rings. The van der Waals surface area contributed by atoms with E-state index >= 15 is 0 Å². The van der Waals surface area contributed by atoms with Crippen LogP contribution in [0.4, 0.5) is 0 Å². The van der Waals surface area contributed by atoms with E-state index in [4.69, 9.17) is 5.73 Å². The van der Waals surface area contributed by atoms with Crippen molar-refractivity contribution in [2.75, 3.05) is 0 Å². The van der Waals surface area contributed by atoms with Crippen LogP contribution >= 0.6 is 0 Å². The first kappa shape index (κ1) is 27.0. The Morgan fingerprint density at radius 2 is 1.36 bits per heavy atom. The molecule has 0 amide bonds. The van der Waals surface area contributed by atoms with E-state index in [1.807, 2.05) is 0 Å². The molecule has 0 heterocycles. The first-order chi connectivity index (χ1) is 16.2. The van der Waals surface area contributed by atoms with Crippen molar-refractivity contribution in [2.45, 2.75) is 89.4 Å². The largest absolute Gasteiger partial charge is 0.401 e. The van der Waals surface area contributed by atoms with E-state index < -0.39 is 0 Å². The van der Waals surface area contributed by atoms with Gasteiger partial charge in [-0.05, 0) is 35.8 Å². The SMILES string of the molecule is C=C.C=C(N)C(c1ccccc1)(c1ccccc1)C(CCCC)CCCCC1CCCCC1. The van der Waals surface area contributed by atoms with Crippen LogP contribution in [0.3, 0.4) is 0 Å². The lowest BCUT2D eigenvalue weighted by Crippen LogP contribution is -2.41. The summed E-state index contributed by atoms with van der Waals surface area (Å²) in [5, 5.41) is 0. The Kier molecular flexibility index (Phi) is 12.1. The summed E-state index contributed by atoms with van der Waals surface area (Å²) in [5.74, 6) is 1.45. The van der Waals surface area contributed by atoms with Crippen molar-refractivity contribution >= 4 is 0 Å². The van der Waals surface area contributed by atoms with Crippen molar-refractivity contribution in [3.63, 3.8) is 0 Å². The molecule has 2 aromatic carbocycles. The van der Waals surface area contributed by atoms with Gasteiger partial charge in [-0.1, -0.05) is 138 Å². The second kappa shape index (κ2) is 14.8. The lowest BCUT2D eigenvalue weighted by atomic mass is 9.61. The van der Waals surface area contributed by atoms with Gasteiger partial charge in [0.25, 0.3) is 0 Å². The van der Waals surface area contributed by atoms with Crippen LogP contribution in [0.2, 0.25) is 0 Å². The molecule has 0 spiro atoms. The number of nitrogens with two attached hydrogens (primary N) is 1.